The second-order valence-electron chi connectivity index (χ2n) is 5.29. The fraction of sp³-hybridized carbons (Fsp3) is 0.222. The molecule has 0 aliphatic rings. The number of H-pyrrole nitrogens is 1. The third kappa shape index (κ3) is 4.00. The van der Waals surface area contributed by atoms with Gasteiger partial charge >= 0.3 is 0 Å². The molecule has 1 aromatic heterocycles. The maximum absolute atomic E-state index is 5.45. The van der Waals surface area contributed by atoms with Crippen LogP contribution in [0, 0.1) is 4.77 Å². The molecule has 130 valence electrons. The number of hydrogen-bond acceptors (Lipinski definition) is 5. The molecule has 0 aliphatic heterocycles. The van der Waals surface area contributed by atoms with Crippen LogP contribution in [-0.2, 0) is 6.54 Å². The molecule has 0 radical (unpaired) electrons. The van der Waals surface area contributed by atoms with Gasteiger partial charge in [-0.1, -0.05) is 0 Å². The molecule has 6 nitrogen and oxygen atoms in total. The van der Waals surface area contributed by atoms with Crippen LogP contribution in [0.1, 0.15) is 12.7 Å². The van der Waals surface area contributed by atoms with E-state index in [1.54, 1.807) is 7.11 Å². The third-order valence-corrected chi connectivity index (χ3v) is 3.96. The Bertz CT molecular complexity index is 869. The molecular formula is C18H20N4O2S. The highest BCUT2D eigenvalue weighted by atomic mass is 32.1. The van der Waals surface area contributed by atoms with Crippen molar-refractivity contribution in [2.45, 2.75) is 13.5 Å². The second-order valence-corrected chi connectivity index (χ2v) is 5.68. The molecule has 2 aromatic carbocycles. The Hall–Kier alpha value is -2.80. The third-order valence-electron chi connectivity index (χ3n) is 3.69. The van der Waals surface area contributed by atoms with Crippen LogP contribution in [0.2, 0.25) is 0 Å². The summed E-state index contributed by atoms with van der Waals surface area (Å²) in [5.41, 5.74) is 1.92. The highest BCUT2D eigenvalue weighted by Gasteiger charge is 2.08. The van der Waals surface area contributed by atoms with E-state index in [4.69, 9.17) is 21.7 Å². The van der Waals surface area contributed by atoms with Crippen molar-refractivity contribution in [3.8, 4) is 17.2 Å². The van der Waals surface area contributed by atoms with Crippen LogP contribution < -0.4 is 14.8 Å². The molecule has 0 saturated carbocycles. The fourth-order valence-electron chi connectivity index (χ4n) is 2.46. The van der Waals surface area contributed by atoms with Gasteiger partial charge in [0.05, 0.1) is 20.3 Å². The van der Waals surface area contributed by atoms with Gasteiger partial charge in [0.1, 0.15) is 11.5 Å². The minimum absolute atomic E-state index is 0.535. The topological polar surface area (TPSA) is 64.1 Å². The number of methoxy groups -OCH3 is 1. The molecule has 3 aromatic rings. The summed E-state index contributed by atoms with van der Waals surface area (Å²) in [5, 5.41) is 10.5. The van der Waals surface area contributed by atoms with Crippen molar-refractivity contribution in [1.82, 2.24) is 14.8 Å². The van der Waals surface area contributed by atoms with Gasteiger partial charge in [0.25, 0.3) is 0 Å². The van der Waals surface area contributed by atoms with Crippen molar-refractivity contribution in [2.75, 3.05) is 19.0 Å². The lowest BCUT2D eigenvalue weighted by atomic mass is 10.3. The zero-order chi connectivity index (χ0) is 17.6. The number of benzene rings is 2. The van der Waals surface area contributed by atoms with Crippen molar-refractivity contribution in [3.05, 3.63) is 59.1 Å². The highest BCUT2D eigenvalue weighted by Crippen LogP contribution is 2.19. The summed E-state index contributed by atoms with van der Waals surface area (Å²) in [7, 11) is 1.64. The van der Waals surface area contributed by atoms with Crippen LogP contribution in [0.5, 0.6) is 11.5 Å². The van der Waals surface area contributed by atoms with Crippen LogP contribution >= 0.6 is 12.2 Å². The monoisotopic (exact) mass is 356 g/mol. The quantitative estimate of drug-likeness (QED) is 0.628. The van der Waals surface area contributed by atoms with Gasteiger partial charge in [0.2, 0.25) is 0 Å². The Morgan fingerprint density at radius 2 is 1.76 bits per heavy atom. The number of aromatic nitrogens is 3. The van der Waals surface area contributed by atoms with Gasteiger partial charge in [-0.2, -0.15) is 5.10 Å². The lowest BCUT2D eigenvalue weighted by Crippen LogP contribution is -2.07. The Morgan fingerprint density at radius 3 is 2.40 bits per heavy atom. The first kappa shape index (κ1) is 17.0. The van der Waals surface area contributed by atoms with Gasteiger partial charge < -0.3 is 14.8 Å². The summed E-state index contributed by atoms with van der Waals surface area (Å²) in [6, 6.07) is 15.5. The number of anilines is 1. The van der Waals surface area contributed by atoms with Crippen molar-refractivity contribution in [1.29, 1.82) is 0 Å². The highest BCUT2D eigenvalue weighted by molar-refractivity contribution is 7.71. The average molecular weight is 356 g/mol. The molecule has 0 spiro atoms. The van der Waals surface area contributed by atoms with Crippen molar-refractivity contribution in [2.24, 2.45) is 0 Å². The lowest BCUT2D eigenvalue weighted by Gasteiger charge is -2.10. The first-order valence-electron chi connectivity index (χ1n) is 7.98. The summed E-state index contributed by atoms with van der Waals surface area (Å²) < 4.78 is 13.1. The van der Waals surface area contributed by atoms with Gasteiger partial charge in [0.15, 0.2) is 10.6 Å². The van der Waals surface area contributed by atoms with Crippen molar-refractivity contribution >= 4 is 17.9 Å². The normalized spacial score (nSPS) is 10.5. The molecule has 2 N–H and O–H groups in total. The van der Waals surface area contributed by atoms with Crippen molar-refractivity contribution < 1.29 is 9.47 Å². The van der Waals surface area contributed by atoms with E-state index < -0.39 is 0 Å². The molecule has 0 amide bonds. The standard InChI is InChI=1S/C18H20N4O2S/c1-3-24-16-8-4-13(5-9-16)19-12-17-20-21-18(25)22(17)14-6-10-15(23-2)11-7-14/h4-11,19H,3,12H2,1-2H3,(H,21,25). The van der Waals surface area contributed by atoms with Gasteiger partial charge in [-0.25, -0.2) is 0 Å². The molecule has 0 unspecified atom stereocenters. The molecule has 1 heterocycles. The van der Waals surface area contributed by atoms with Gasteiger partial charge in [-0.3, -0.25) is 9.67 Å². The van der Waals surface area contributed by atoms with E-state index >= 15 is 0 Å². The predicted molar refractivity (Wildman–Crippen MR) is 100 cm³/mol. The summed E-state index contributed by atoms with van der Waals surface area (Å²) >= 11 is 5.36. The number of nitrogens with zero attached hydrogens (tertiary/aromatic N) is 2. The van der Waals surface area contributed by atoms with Crippen molar-refractivity contribution in [3.63, 3.8) is 0 Å². The van der Waals surface area contributed by atoms with Crippen LogP contribution in [0.15, 0.2) is 48.5 Å². The summed E-state index contributed by atoms with van der Waals surface area (Å²) in [4.78, 5) is 0. The average Bonchev–Trinajstić information content (AvgIpc) is 3.02. The van der Waals surface area contributed by atoms with E-state index in [2.05, 4.69) is 15.5 Å². The number of aromatic amines is 1. The molecule has 0 saturated heterocycles. The zero-order valence-corrected chi connectivity index (χ0v) is 15.0. The van der Waals surface area contributed by atoms with Crippen LogP contribution in [-0.4, -0.2) is 28.5 Å². The number of hydrogen-bond donors (Lipinski definition) is 2. The Kier molecular flexibility index (Phi) is 5.35. The van der Waals surface area contributed by atoms with Gasteiger partial charge in [-0.05, 0) is 67.7 Å². The van der Waals surface area contributed by atoms with E-state index in [1.807, 2.05) is 60.0 Å². The van der Waals surface area contributed by atoms with Crippen LogP contribution in [0.4, 0.5) is 5.69 Å². The van der Waals surface area contributed by atoms with Crippen LogP contribution in [0.3, 0.4) is 0 Å². The SMILES string of the molecule is CCOc1ccc(NCc2n[nH]c(=S)n2-c2ccc(OC)cc2)cc1. The van der Waals surface area contributed by atoms with E-state index in [0.717, 1.165) is 28.7 Å². The Balaban J connectivity index is 1.76. The summed E-state index contributed by atoms with van der Waals surface area (Å²) in [5.74, 6) is 2.45. The van der Waals surface area contributed by atoms with E-state index in [-0.39, 0.29) is 0 Å². The first-order valence-corrected chi connectivity index (χ1v) is 8.39. The minimum atomic E-state index is 0.535. The van der Waals surface area contributed by atoms with Gasteiger partial charge in [0, 0.05) is 11.4 Å². The van der Waals surface area contributed by atoms with E-state index in [0.29, 0.717) is 17.9 Å². The molecule has 0 atom stereocenters. The number of rotatable bonds is 7. The maximum atomic E-state index is 5.45. The minimum Gasteiger partial charge on any atom is -0.497 e. The molecule has 0 bridgehead atoms. The zero-order valence-electron chi connectivity index (χ0n) is 14.2. The molecule has 0 aliphatic carbocycles. The Labute approximate surface area is 151 Å². The number of nitrogens with one attached hydrogen (secondary N) is 2. The van der Waals surface area contributed by atoms with E-state index in [1.165, 1.54) is 0 Å². The summed E-state index contributed by atoms with van der Waals surface area (Å²) in [6.45, 7) is 3.16. The first-order chi connectivity index (χ1) is 12.2. The predicted octanol–water partition coefficient (Wildman–Crippen LogP) is 3.95. The van der Waals surface area contributed by atoms with Crippen LogP contribution in [0.25, 0.3) is 5.69 Å². The van der Waals surface area contributed by atoms with Gasteiger partial charge in [-0.15, -0.1) is 0 Å². The fourth-order valence-corrected chi connectivity index (χ4v) is 2.72. The molecule has 0 fully saturated rings. The number of ether oxygens (including phenoxy) is 2. The lowest BCUT2D eigenvalue weighted by molar-refractivity contribution is 0.340. The maximum Gasteiger partial charge on any atom is 0.199 e. The second kappa shape index (κ2) is 7.85. The molecule has 3 rings (SSSR count). The smallest absolute Gasteiger partial charge is 0.199 e. The Morgan fingerprint density at radius 1 is 1.08 bits per heavy atom. The molecule has 25 heavy (non-hydrogen) atoms. The molecule has 7 heteroatoms. The largest absolute Gasteiger partial charge is 0.497 e. The summed E-state index contributed by atoms with van der Waals surface area (Å²) in [6.07, 6.45) is 0. The molecular weight excluding hydrogens is 336 g/mol. The van der Waals surface area contributed by atoms with E-state index in [9.17, 15) is 0 Å².